The van der Waals surface area contributed by atoms with Crippen LogP contribution in [-0.4, -0.2) is 20.5 Å². The van der Waals surface area contributed by atoms with Crippen LogP contribution in [0.3, 0.4) is 0 Å². The number of nitrogens with zero attached hydrogens (tertiary/aromatic N) is 2. The second-order valence-electron chi connectivity index (χ2n) is 2.11. The van der Waals surface area contributed by atoms with Gasteiger partial charge in [0.1, 0.15) is 16.3 Å². The lowest BCUT2D eigenvalue weighted by atomic mass is 10.3. The van der Waals surface area contributed by atoms with Gasteiger partial charge in [-0.2, -0.15) is 0 Å². The van der Waals surface area contributed by atoms with Crippen molar-refractivity contribution in [3.8, 4) is 5.75 Å². The van der Waals surface area contributed by atoms with Crippen molar-refractivity contribution in [2.45, 2.75) is 0 Å². The summed E-state index contributed by atoms with van der Waals surface area (Å²) in [5.74, 6) is 0.0214. The number of nitrogens with one attached hydrogen (secondary N) is 1. The number of phenolic OH excluding ortho intramolecular Hbond substituents is 1. The number of hydrogen-bond acceptors (Lipinski definition) is 3. The minimum absolute atomic E-state index is 0.0214. The van der Waals surface area contributed by atoms with Crippen LogP contribution in [0.4, 0.5) is 0 Å². The van der Waals surface area contributed by atoms with Gasteiger partial charge in [0, 0.05) is 0 Å². The maximum Gasteiger partial charge on any atom is 0.136 e. The first kappa shape index (κ1) is 6.42. The molecule has 0 bridgehead atoms. The van der Waals surface area contributed by atoms with Crippen molar-refractivity contribution < 1.29 is 5.11 Å². The van der Waals surface area contributed by atoms with E-state index >= 15 is 0 Å². The van der Waals surface area contributed by atoms with E-state index in [0.717, 1.165) is 0 Å². The van der Waals surface area contributed by atoms with E-state index in [9.17, 15) is 0 Å². The molecule has 56 valence electrons. The number of aromatic hydroxyl groups is 1. The van der Waals surface area contributed by atoms with Gasteiger partial charge in [0.05, 0.1) is 5.52 Å². The van der Waals surface area contributed by atoms with E-state index in [4.69, 9.17) is 16.7 Å². The van der Waals surface area contributed by atoms with E-state index in [1.54, 1.807) is 6.07 Å². The average Bonchev–Trinajstić information content (AvgIpc) is 2.45. The molecule has 0 fully saturated rings. The second-order valence-corrected chi connectivity index (χ2v) is 2.48. The van der Waals surface area contributed by atoms with E-state index < -0.39 is 0 Å². The summed E-state index contributed by atoms with van der Waals surface area (Å²) in [5, 5.41) is 19.2. The number of hydrogen-bond donors (Lipinski definition) is 2. The lowest BCUT2D eigenvalue weighted by molar-refractivity contribution is 0.476. The third-order valence-corrected chi connectivity index (χ3v) is 1.79. The van der Waals surface area contributed by atoms with Gasteiger partial charge in [0.15, 0.2) is 0 Å². The summed E-state index contributed by atoms with van der Waals surface area (Å²) < 4.78 is 0. The Labute approximate surface area is 66.8 Å². The topological polar surface area (TPSA) is 61.8 Å². The number of rotatable bonds is 0. The average molecular weight is 170 g/mol. The Morgan fingerprint density at radius 3 is 3.09 bits per heavy atom. The molecule has 1 heterocycles. The summed E-state index contributed by atoms with van der Waals surface area (Å²) in [6.07, 6.45) is 0. The molecule has 2 N–H and O–H groups in total. The number of aromatic amines is 1. The second kappa shape index (κ2) is 2.10. The van der Waals surface area contributed by atoms with Gasteiger partial charge in [-0.3, -0.25) is 5.10 Å². The van der Waals surface area contributed by atoms with Crippen LogP contribution in [0.5, 0.6) is 5.75 Å². The predicted molar refractivity (Wildman–Crippen MR) is 40.6 cm³/mol. The predicted octanol–water partition coefficient (Wildman–Crippen LogP) is 1.32. The van der Waals surface area contributed by atoms with Gasteiger partial charge in [-0.1, -0.05) is 16.8 Å². The molecule has 0 aliphatic carbocycles. The summed E-state index contributed by atoms with van der Waals surface area (Å²) in [6.45, 7) is 0. The van der Waals surface area contributed by atoms with E-state index in [2.05, 4.69) is 15.4 Å². The highest BCUT2D eigenvalue weighted by Crippen LogP contribution is 2.28. The smallest absolute Gasteiger partial charge is 0.136 e. The molecule has 1 aromatic heterocycles. The summed E-state index contributed by atoms with van der Waals surface area (Å²) in [7, 11) is 0. The van der Waals surface area contributed by atoms with Gasteiger partial charge in [-0.25, -0.2) is 0 Å². The normalized spacial score (nSPS) is 10.6. The Morgan fingerprint density at radius 2 is 2.27 bits per heavy atom. The molecule has 11 heavy (non-hydrogen) atoms. The van der Waals surface area contributed by atoms with Gasteiger partial charge < -0.3 is 5.11 Å². The van der Waals surface area contributed by atoms with E-state index in [1.807, 2.05) is 0 Å². The van der Waals surface area contributed by atoms with Gasteiger partial charge >= 0.3 is 0 Å². The van der Waals surface area contributed by atoms with Crippen molar-refractivity contribution in [3.63, 3.8) is 0 Å². The van der Waals surface area contributed by atoms with Crippen LogP contribution in [0.25, 0.3) is 11.0 Å². The molecule has 0 saturated heterocycles. The lowest BCUT2D eigenvalue weighted by Gasteiger charge is -1.93. The fourth-order valence-corrected chi connectivity index (χ4v) is 1.07. The zero-order chi connectivity index (χ0) is 7.84. The SMILES string of the molecule is Oc1ccc2[nH]nnc2c1Cl. The highest BCUT2D eigenvalue weighted by atomic mass is 35.5. The monoisotopic (exact) mass is 169 g/mol. The van der Waals surface area contributed by atoms with Gasteiger partial charge in [-0.05, 0) is 12.1 Å². The summed E-state index contributed by atoms with van der Waals surface area (Å²) in [5.41, 5.74) is 1.21. The number of aromatic nitrogens is 3. The summed E-state index contributed by atoms with van der Waals surface area (Å²) in [6, 6.07) is 3.15. The third kappa shape index (κ3) is 0.832. The minimum Gasteiger partial charge on any atom is -0.506 e. The maximum atomic E-state index is 9.12. The van der Waals surface area contributed by atoms with Crippen molar-refractivity contribution in [2.24, 2.45) is 0 Å². The number of benzene rings is 1. The molecule has 2 rings (SSSR count). The molecule has 0 amide bonds. The fourth-order valence-electron chi connectivity index (χ4n) is 0.871. The Morgan fingerprint density at radius 1 is 1.45 bits per heavy atom. The molecule has 0 spiro atoms. The molecule has 0 saturated carbocycles. The number of halogens is 1. The first-order valence-electron chi connectivity index (χ1n) is 2.97. The Bertz CT molecular complexity index is 398. The van der Waals surface area contributed by atoms with Crippen LogP contribution in [0, 0.1) is 0 Å². The molecule has 0 unspecified atom stereocenters. The number of H-pyrrole nitrogens is 1. The highest BCUT2D eigenvalue weighted by Gasteiger charge is 2.05. The molecule has 1 aromatic carbocycles. The van der Waals surface area contributed by atoms with Crippen molar-refractivity contribution in [1.82, 2.24) is 15.4 Å². The first-order valence-corrected chi connectivity index (χ1v) is 3.35. The van der Waals surface area contributed by atoms with E-state index in [-0.39, 0.29) is 10.8 Å². The van der Waals surface area contributed by atoms with Crippen LogP contribution in [-0.2, 0) is 0 Å². The molecule has 4 nitrogen and oxygen atoms in total. The van der Waals surface area contributed by atoms with Gasteiger partial charge in [0.2, 0.25) is 0 Å². The quantitative estimate of drug-likeness (QED) is 0.625. The number of fused-ring (bicyclic) bond motifs is 1. The number of phenols is 1. The standard InChI is InChI=1S/C6H4ClN3O/c7-5-4(11)2-1-3-6(5)9-10-8-3/h1-2,11H,(H,8,9,10). The molecular weight excluding hydrogens is 166 g/mol. The molecule has 2 aromatic rings. The molecule has 0 aliphatic heterocycles. The van der Waals surface area contributed by atoms with E-state index in [1.165, 1.54) is 6.07 Å². The maximum absolute atomic E-state index is 9.12. The van der Waals surface area contributed by atoms with Crippen LogP contribution < -0.4 is 0 Å². The Balaban J connectivity index is 2.93. The van der Waals surface area contributed by atoms with Gasteiger partial charge in [-0.15, -0.1) is 5.10 Å². The Hall–Kier alpha value is -1.29. The minimum atomic E-state index is 0.0214. The highest BCUT2D eigenvalue weighted by molar-refractivity contribution is 6.36. The zero-order valence-electron chi connectivity index (χ0n) is 5.37. The lowest BCUT2D eigenvalue weighted by Crippen LogP contribution is -1.72. The summed E-state index contributed by atoms with van der Waals surface area (Å²) in [4.78, 5) is 0. The first-order chi connectivity index (χ1) is 5.29. The third-order valence-electron chi connectivity index (χ3n) is 1.42. The summed E-state index contributed by atoms with van der Waals surface area (Å²) >= 11 is 5.69. The van der Waals surface area contributed by atoms with Crippen molar-refractivity contribution >= 4 is 22.6 Å². The molecule has 0 atom stereocenters. The van der Waals surface area contributed by atoms with Crippen molar-refractivity contribution in [2.75, 3.05) is 0 Å². The Kier molecular flexibility index (Phi) is 1.22. The van der Waals surface area contributed by atoms with Crippen LogP contribution in [0.2, 0.25) is 5.02 Å². The molecule has 5 heteroatoms. The molecule has 0 radical (unpaired) electrons. The molecular formula is C6H4ClN3O. The molecule has 0 aliphatic rings. The van der Waals surface area contributed by atoms with Crippen LogP contribution in [0.1, 0.15) is 0 Å². The van der Waals surface area contributed by atoms with E-state index in [0.29, 0.717) is 11.0 Å². The van der Waals surface area contributed by atoms with Crippen molar-refractivity contribution in [1.29, 1.82) is 0 Å². The fraction of sp³-hybridized carbons (Fsp3) is 0. The van der Waals surface area contributed by atoms with Crippen molar-refractivity contribution in [3.05, 3.63) is 17.2 Å². The van der Waals surface area contributed by atoms with Crippen LogP contribution in [0.15, 0.2) is 12.1 Å². The van der Waals surface area contributed by atoms with Crippen LogP contribution >= 0.6 is 11.6 Å². The van der Waals surface area contributed by atoms with Gasteiger partial charge in [0.25, 0.3) is 0 Å². The largest absolute Gasteiger partial charge is 0.506 e. The zero-order valence-corrected chi connectivity index (χ0v) is 6.13.